The summed E-state index contributed by atoms with van der Waals surface area (Å²) >= 11 is 3.07. The molecule has 0 bridgehead atoms. The van der Waals surface area contributed by atoms with Gasteiger partial charge in [0, 0.05) is 17.8 Å². The van der Waals surface area contributed by atoms with Gasteiger partial charge in [-0.15, -0.1) is 27.8 Å². The number of thiophene rings is 1. The first-order valence-electron chi connectivity index (χ1n) is 7.23. The van der Waals surface area contributed by atoms with Crippen molar-refractivity contribution in [2.75, 3.05) is 6.54 Å². The summed E-state index contributed by atoms with van der Waals surface area (Å²) in [4.78, 5) is 18.8. The third-order valence-electron chi connectivity index (χ3n) is 3.34. The van der Waals surface area contributed by atoms with Gasteiger partial charge in [-0.05, 0) is 35.2 Å². The number of thiazole rings is 1. The predicted octanol–water partition coefficient (Wildman–Crippen LogP) is 2.02. The Labute approximate surface area is 141 Å². The molecule has 0 aliphatic heterocycles. The molecule has 0 aliphatic rings. The highest BCUT2D eigenvalue weighted by atomic mass is 32.1. The van der Waals surface area contributed by atoms with Gasteiger partial charge in [-0.25, -0.2) is 4.98 Å². The van der Waals surface area contributed by atoms with Gasteiger partial charge in [0.05, 0.1) is 16.4 Å². The van der Waals surface area contributed by atoms with Gasteiger partial charge in [-0.3, -0.25) is 4.79 Å². The monoisotopic (exact) mass is 348 g/mol. The van der Waals surface area contributed by atoms with Gasteiger partial charge < -0.3 is 5.32 Å². The van der Waals surface area contributed by atoms with E-state index in [0.717, 1.165) is 23.5 Å². The van der Waals surface area contributed by atoms with Crippen LogP contribution in [0.3, 0.4) is 0 Å². The molecule has 7 nitrogen and oxygen atoms in total. The summed E-state index contributed by atoms with van der Waals surface area (Å²) in [5, 5.41) is 16.9. The van der Waals surface area contributed by atoms with Crippen molar-refractivity contribution in [2.24, 2.45) is 0 Å². The van der Waals surface area contributed by atoms with Crippen LogP contribution in [0.5, 0.6) is 0 Å². The van der Waals surface area contributed by atoms with Crippen molar-refractivity contribution in [1.82, 2.24) is 30.5 Å². The van der Waals surface area contributed by atoms with Crippen molar-refractivity contribution in [3.8, 4) is 5.69 Å². The summed E-state index contributed by atoms with van der Waals surface area (Å²) in [6, 6.07) is 1.83. The molecular weight excluding hydrogens is 332 g/mol. The maximum Gasteiger partial charge on any atom is 0.263 e. The number of nitrogens with zero attached hydrogens (tertiary/aromatic N) is 5. The van der Waals surface area contributed by atoms with Crippen molar-refractivity contribution in [2.45, 2.75) is 26.7 Å². The molecule has 3 rings (SSSR count). The van der Waals surface area contributed by atoms with Crippen LogP contribution < -0.4 is 5.32 Å². The Kier molecular flexibility index (Phi) is 4.77. The zero-order valence-electron chi connectivity index (χ0n) is 12.8. The van der Waals surface area contributed by atoms with E-state index in [1.807, 2.05) is 11.4 Å². The zero-order chi connectivity index (χ0) is 16.2. The first-order chi connectivity index (χ1) is 11.2. The third-order valence-corrected chi connectivity index (χ3v) is 5.32. The van der Waals surface area contributed by atoms with E-state index >= 15 is 0 Å². The average molecular weight is 348 g/mol. The van der Waals surface area contributed by atoms with Crippen molar-refractivity contribution in [1.29, 1.82) is 0 Å². The minimum atomic E-state index is -0.116. The molecule has 0 spiro atoms. The van der Waals surface area contributed by atoms with Crippen LogP contribution in [0.2, 0.25) is 0 Å². The molecule has 0 radical (unpaired) electrons. The molecule has 3 heterocycles. The number of carbonyl (C=O) groups is 1. The van der Waals surface area contributed by atoms with Crippen LogP contribution in [-0.4, -0.2) is 37.6 Å². The van der Waals surface area contributed by atoms with Gasteiger partial charge in [0.25, 0.3) is 5.91 Å². The molecule has 120 valence electrons. The lowest BCUT2D eigenvalue weighted by atomic mass is 10.3. The van der Waals surface area contributed by atoms with Gasteiger partial charge in [0.15, 0.2) is 0 Å². The maximum atomic E-state index is 12.3. The zero-order valence-corrected chi connectivity index (χ0v) is 14.4. The number of hydrogen-bond acceptors (Lipinski definition) is 7. The number of amides is 1. The average Bonchev–Trinajstić information content (AvgIpc) is 3.27. The molecule has 1 N–H and O–H groups in total. The van der Waals surface area contributed by atoms with E-state index in [-0.39, 0.29) is 5.91 Å². The normalized spacial score (nSPS) is 10.9. The lowest BCUT2D eigenvalue weighted by Crippen LogP contribution is -2.25. The standard InChI is InChI=1S/C14H16N6OS2/c1-3-10-9(2)23-12(17-10)4-6-15-14(21)13-11(5-7-22-13)20-8-16-18-19-20/h5,7-8H,3-4,6H2,1-2H3,(H,15,21). The number of rotatable bonds is 6. The van der Waals surface area contributed by atoms with Gasteiger partial charge in [-0.2, -0.15) is 4.68 Å². The van der Waals surface area contributed by atoms with Crippen LogP contribution in [0.15, 0.2) is 17.8 Å². The second-order valence-corrected chi connectivity index (χ2v) is 7.06. The second-order valence-electron chi connectivity index (χ2n) is 4.86. The Balaban J connectivity index is 1.61. The van der Waals surface area contributed by atoms with Gasteiger partial charge in [-0.1, -0.05) is 6.92 Å². The van der Waals surface area contributed by atoms with Gasteiger partial charge >= 0.3 is 0 Å². The van der Waals surface area contributed by atoms with Crippen molar-refractivity contribution in [3.63, 3.8) is 0 Å². The lowest BCUT2D eigenvalue weighted by molar-refractivity contribution is 0.0958. The van der Waals surface area contributed by atoms with E-state index < -0.39 is 0 Å². The van der Waals surface area contributed by atoms with E-state index in [1.54, 1.807) is 11.3 Å². The predicted molar refractivity (Wildman–Crippen MR) is 89.3 cm³/mol. The molecule has 1 amide bonds. The molecule has 23 heavy (non-hydrogen) atoms. The summed E-state index contributed by atoms with van der Waals surface area (Å²) in [6.45, 7) is 4.75. The molecular formula is C14H16N6OS2. The summed E-state index contributed by atoms with van der Waals surface area (Å²) in [5.41, 5.74) is 1.84. The van der Waals surface area contributed by atoms with Crippen molar-refractivity contribution in [3.05, 3.63) is 38.2 Å². The Morgan fingerprint density at radius 3 is 3.00 bits per heavy atom. The van der Waals surface area contributed by atoms with Crippen LogP contribution in [0.1, 0.15) is 32.2 Å². The van der Waals surface area contributed by atoms with E-state index in [2.05, 4.69) is 39.7 Å². The molecule has 0 saturated heterocycles. The van der Waals surface area contributed by atoms with Crippen LogP contribution >= 0.6 is 22.7 Å². The van der Waals surface area contributed by atoms with Crippen LogP contribution in [0.25, 0.3) is 5.69 Å². The molecule has 0 aliphatic carbocycles. The highest BCUT2D eigenvalue weighted by Crippen LogP contribution is 2.20. The minimum Gasteiger partial charge on any atom is -0.351 e. The van der Waals surface area contributed by atoms with Crippen LogP contribution in [-0.2, 0) is 12.8 Å². The molecule has 3 aromatic rings. The number of carbonyl (C=O) groups excluding carboxylic acids is 1. The number of tetrazole rings is 1. The van der Waals surface area contributed by atoms with E-state index in [4.69, 9.17) is 0 Å². The van der Waals surface area contributed by atoms with Gasteiger partial charge in [0.2, 0.25) is 0 Å². The topological polar surface area (TPSA) is 85.6 Å². The SMILES string of the molecule is CCc1nc(CCNC(=O)c2sccc2-n2cnnn2)sc1C. The largest absolute Gasteiger partial charge is 0.351 e. The summed E-state index contributed by atoms with van der Waals surface area (Å²) in [6.07, 6.45) is 3.16. The first kappa shape index (κ1) is 15.8. The Morgan fingerprint density at radius 1 is 1.43 bits per heavy atom. The number of nitrogens with one attached hydrogen (secondary N) is 1. The maximum absolute atomic E-state index is 12.3. The van der Waals surface area contributed by atoms with E-state index in [0.29, 0.717) is 17.1 Å². The first-order valence-corrected chi connectivity index (χ1v) is 8.93. The molecule has 0 saturated carbocycles. The Hall–Kier alpha value is -2.13. The fourth-order valence-electron chi connectivity index (χ4n) is 2.21. The van der Waals surface area contributed by atoms with E-state index in [1.165, 1.54) is 27.2 Å². The summed E-state index contributed by atoms with van der Waals surface area (Å²) < 4.78 is 1.49. The summed E-state index contributed by atoms with van der Waals surface area (Å²) in [7, 11) is 0. The molecule has 3 aromatic heterocycles. The quantitative estimate of drug-likeness (QED) is 0.736. The van der Waals surface area contributed by atoms with Crippen molar-refractivity contribution < 1.29 is 4.79 Å². The highest BCUT2D eigenvalue weighted by molar-refractivity contribution is 7.12. The second kappa shape index (κ2) is 6.97. The van der Waals surface area contributed by atoms with Crippen molar-refractivity contribution >= 4 is 28.6 Å². The Bertz CT molecular complexity index is 792. The highest BCUT2D eigenvalue weighted by Gasteiger charge is 2.15. The Morgan fingerprint density at radius 2 is 2.30 bits per heavy atom. The number of aromatic nitrogens is 5. The van der Waals surface area contributed by atoms with Crippen LogP contribution in [0, 0.1) is 6.92 Å². The third kappa shape index (κ3) is 3.45. The van der Waals surface area contributed by atoms with Gasteiger partial charge in [0.1, 0.15) is 11.2 Å². The lowest BCUT2D eigenvalue weighted by Gasteiger charge is -2.04. The molecule has 0 atom stereocenters. The van der Waals surface area contributed by atoms with E-state index in [9.17, 15) is 4.79 Å². The smallest absolute Gasteiger partial charge is 0.263 e. The molecule has 9 heteroatoms. The number of hydrogen-bond donors (Lipinski definition) is 1. The molecule has 0 fully saturated rings. The fourth-order valence-corrected chi connectivity index (χ4v) is 4.03. The minimum absolute atomic E-state index is 0.116. The number of aryl methyl sites for hydroxylation is 2. The molecule has 0 unspecified atom stereocenters. The molecule has 0 aromatic carbocycles. The summed E-state index contributed by atoms with van der Waals surface area (Å²) in [5.74, 6) is -0.116. The van der Waals surface area contributed by atoms with Crippen LogP contribution in [0.4, 0.5) is 0 Å². The fraction of sp³-hybridized carbons (Fsp3) is 0.357.